The summed E-state index contributed by atoms with van der Waals surface area (Å²) >= 11 is 0. The van der Waals surface area contributed by atoms with Crippen molar-refractivity contribution in [3.05, 3.63) is 75.6 Å². The zero-order valence-corrected chi connectivity index (χ0v) is 16.9. The molecule has 2 aromatic carbocycles. The minimum absolute atomic E-state index is 0.101. The largest absolute Gasteiger partial charge is 0.339 e. The van der Waals surface area contributed by atoms with Crippen LogP contribution in [0.2, 0.25) is 0 Å². The first kappa shape index (κ1) is 20.5. The number of carbonyl (C=O) groups is 1. The second-order valence-electron chi connectivity index (χ2n) is 8.29. The summed E-state index contributed by atoms with van der Waals surface area (Å²) in [5, 5.41) is 11.0. The first-order valence-electron chi connectivity index (χ1n) is 10.5. The number of halogens is 1. The summed E-state index contributed by atoms with van der Waals surface area (Å²) in [6.45, 7) is 3.36. The Morgan fingerprint density at radius 1 is 1.03 bits per heavy atom. The Labute approximate surface area is 175 Å². The number of piperazine rings is 1. The van der Waals surface area contributed by atoms with Gasteiger partial charge in [0.05, 0.1) is 10.3 Å². The molecule has 0 bridgehead atoms. The van der Waals surface area contributed by atoms with Gasteiger partial charge in [0.1, 0.15) is 5.82 Å². The van der Waals surface area contributed by atoms with Crippen LogP contribution in [-0.2, 0) is 16.8 Å². The van der Waals surface area contributed by atoms with E-state index in [1.165, 1.54) is 18.2 Å². The van der Waals surface area contributed by atoms with E-state index < -0.39 is 5.41 Å². The van der Waals surface area contributed by atoms with Crippen LogP contribution in [0.15, 0.2) is 48.5 Å². The zero-order valence-electron chi connectivity index (χ0n) is 16.9. The highest BCUT2D eigenvalue weighted by atomic mass is 19.1. The average molecular weight is 411 g/mol. The lowest BCUT2D eigenvalue weighted by Crippen LogP contribution is -2.53. The maximum absolute atomic E-state index is 13.5. The van der Waals surface area contributed by atoms with E-state index in [1.54, 1.807) is 24.3 Å². The second-order valence-corrected chi connectivity index (χ2v) is 8.29. The minimum atomic E-state index is -0.532. The maximum Gasteiger partial charge on any atom is 0.269 e. The molecule has 7 heteroatoms. The lowest BCUT2D eigenvalue weighted by atomic mass is 9.77. The first-order chi connectivity index (χ1) is 14.5. The van der Waals surface area contributed by atoms with Gasteiger partial charge in [-0.05, 0) is 36.1 Å². The number of non-ortho nitro benzene ring substituents is 1. The molecule has 1 aliphatic carbocycles. The molecule has 158 valence electrons. The van der Waals surface area contributed by atoms with Crippen LogP contribution in [0.4, 0.5) is 10.1 Å². The van der Waals surface area contributed by atoms with Crippen LogP contribution < -0.4 is 0 Å². The molecule has 2 fully saturated rings. The lowest BCUT2D eigenvalue weighted by Gasteiger charge is -2.40. The molecule has 4 rings (SSSR count). The van der Waals surface area contributed by atoms with Crippen molar-refractivity contribution < 1.29 is 14.1 Å². The van der Waals surface area contributed by atoms with Crippen LogP contribution in [0.25, 0.3) is 0 Å². The number of nitrogens with zero attached hydrogens (tertiary/aromatic N) is 3. The normalized spacial score (nSPS) is 19.0. The van der Waals surface area contributed by atoms with E-state index in [4.69, 9.17) is 0 Å². The SMILES string of the molecule is O=C(N1CCN(Cc2cccc([N+](=O)[O-])c2)CC1)C1(c2ccc(F)cc2)CCCC1. The van der Waals surface area contributed by atoms with Gasteiger partial charge in [-0.1, -0.05) is 37.1 Å². The summed E-state index contributed by atoms with van der Waals surface area (Å²) in [6, 6.07) is 13.1. The molecule has 0 atom stereocenters. The van der Waals surface area contributed by atoms with Gasteiger partial charge < -0.3 is 4.90 Å². The topological polar surface area (TPSA) is 66.7 Å². The summed E-state index contributed by atoms with van der Waals surface area (Å²) in [5.74, 6) is -0.129. The third-order valence-electron chi connectivity index (χ3n) is 6.45. The van der Waals surface area contributed by atoms with Crippen molar-refractivity contribution >= 4 is 11.6 Å². The van der Waals surface area contributed by atoms with Crippen molar-refractivity contribution in [2.45, 2.75) is 37.6 Å². The molecule has 0 spiro atoms. The Hall–Kier alpha value is -2.80. The van der Waals surface area contributed by atoms with Crippen LogP contribution >= 0.6 is 0 Å². The van der Waals surface area contributed by atoms with Crippen LogP contribution in [0.1, 0.15) is 36.8 Å². The zero-order chi connectivity index (χ0) is 21.1. The molecule has 1 heterocycles. The molecule has 2 aromatic rings. The number of carbonyl (C=O) groups excluding carboxylic acids is 1. The van der Waals surface area contributed by atoms with Gasteiger partial charge in [0.2, 0.25) is 5.91 Å². The standard InChI is InChI=1S/C23H26FN3O3/c24-20-8-6-19(7-9-20)23(10-1-2-11-23)22(28)26-14-12-25(13-15-26)17-18-4-3-5-21(16-18)27(29)30/h3-9,16H,1-2,10-15,17H2. The van der Waals surface area contributed by atoms with Gasteiger partial charge in [-0.25, -0.2) is 4.39 Å². The van der Waals surface area contributed by atoms with Gasteiger partial charge >= 0.3 is 0 Å². The Morgan fingerprint density at radius 2 is 1.70 bits per heavy atom. The van der Waals surface area contributed by atoms with Crippen molar-refractivity contribution in [1.82, 2.24) is 9.80 Å². The molecular weight excluding hydrogens is 385 g/mol. The predicted molar refractivity (Wildman–Crippen MR) is 111 cm³/mol. The summed E-state index contributed by atoms with van der Waals surface area (Å²) in [5.41, 5.74) is 1.40. The fourth-order valence-electron chi connectivity index (χ4n) is 4.81. The first-order valence-corrected chi connectivity index (χ1v) is 10.5. The summed E-state index contributed by atoms with van der Waals surface area (Å²) in [7, 11) is 0. The van der Waals surface area contributed by atoms with E-state index in [0.29, 0.717) is 19.6 Å². The molecule has 0 unspecified atom stereocenters. The monoisotopic (exact) mass is 411 g/mol. The fourth-order valence-corrected chi connectivity index (χ4v) is 4.81. The van der Waals surface area contributed by atoms with E-state index >= 15 is 0 Å². The third-order valence-corrected chi connectivity index (χ3v) is 6.45. The molecule has 2 aliphatic rings. The Morgan fingerprint density at radius 3 is 2.33 bits per heavy atom. The van der Waals surface area contributed by atoms with E-state index in [0.717, 1.165) is 49.9 Å². The van der Waals surface area contributed by atoms with E-state index in [-0.39, 0.29) is 22.3 Å². The molecule has 1 amide bonds. The molecule has 0 N–H and O–H groups in total. The van der Waals surface area contributed by atoms with Crippen LogP contribution in [0.5, 0.6) is 0 Å². The summed E-state index contributed by atoms with van der Waals surface area (Å²) in [4.78, 5) is 28.3. The number of nitro groups is 1. The van der Waals surface area contributed by atoms with Crippen LogP contribution in [0.3, 0.4) is 0 Å². The van der Waals surface area contributed by atoms with Gasteiger partial charge in [0, 0.05) is 44.9 Å². The van der Waals surface area contributed by atoms with Crippen molar-refractivity contribution in [3.8, 4) is 0 Å². The van der Waals surface area contributed by atoms with Crippen molar-refractivity contribution in [1.29, 1.82) is 0 Å². The average Bonchev–Trinajstić information content (AvgIpc) is 3.25. The number of hydrogen-bond acceptors (Lipinski definition) is 4. The maximum atomic E-state index is 13.5. The minimum Gasteiger partial charge on any atom is -0.339 e. The Kier molecular flexibility index (Phi) is 5.81. The molecule has 0 aromatic heterocycles. The number of rotatable bonds is 5. The molecule has 1 saturated heterocycles. The van der Waals surface area contributed by atoms with Crippen LogP contribution in [0, 0.1) is 15.9 Å². The van der Waals surface area contributed by atoms with Crippen molar-refractivity contribution in [3.63, 3.8) is 0 Å². The molecule has 0 radical (unpaired) electrons. The van der Waals surface area contributed by atoms with Crippen molar-refractivity contribution in [2.75, 3.05) is 26.2 Å². The highest BCUT2D eigenvalue weighted by molar-refractivity contribution is 5.88. The Balaban J connectivity index is 1.41. The van der Waals surface area contributed by atoms with Gasteiger partial charge in [-0.2, -0.15) is 0 Å². The number of hydrogen-bond donors (Lipinski definition) is 0. The van der Waals surface area contributed by atoms with E-state index in [2.05, 4.69) is 4.90 Å². The fraction of sp³-hybridized carbons (Fsp3) is 0.435. The van der Waals surface area contributed by atoms with E-state index in [1.807, 2.05) is 11.0 Å². The predicted octanol–water partition coefficient (Wildman–Crippen LogP) is 3.89. The number of benzene rings is 2. The third kappa shape index (κ3) is 4.07. The highest BCUT2D eigenvalue weighted by Gasteiger charge is 2.45. The number of nitro benzene ring substituents is 1. The number of amides is 1. The molecule has 1 aliphatic heterocycles. The molecule has 6 nitrogen and oxygen atoms in total. The molecule has 1 saturated carbocycles. The Bertz CT molecular complexity index is 918. The quantitative estimate of drug-likeness (QED) is 0.553. The lowest BCUT2D eigenvalue weighted by molar-refractivity contribution is -0.384. The highest BCUT2D eigenvalue weighted by Crippen LogP contribution is 2.42. The molecular formula is C23H26FN3O3. The smallest absolute Gasteiger partial charge is 0.269 e. The van der Waals surface area contributed by atoms with Gasteiger partial charge in [-0.15, -0.1) is 0 Å². The summed E-state index contributed by atoms with van der Waals surface area (Å²) in [6.07, 6.45) is 3.64. The summed E-state index contributed by atoms with van der Waals surface area (Å²) < 4.78 is 13.4. The van der Waals surface area contributed by atoms with Gasteiger partial charge in [-0.3, -0.25) is 19.8 Å². The van der Waals surface area contributed by atoms with Crippen molar-refractivity contribution in [2.24, 2.45) is 0 Å². The van der Waals surface area contributed by atoms with Gasteiger partial charge in [0.15, 0.2) is 0 Å². The second kappa shape index (κ2) is 8.52. The van der Waals surface area contributed by atoms with Gasteiger partial charge in [0.25, 0.3) is 5.69 Å². The molecule has 30 heavy (non-hydrogen) atoms. The van der Waals surface area contributed by atoms with Crippen LogP contribution in [-0.4, -0.2) is 46.8 Å². The van der Waals surface area contributed by atoms with E-state index in [9.17, 15) is 19.3 Å².